The molecular weight excluding hydrogens is 781 g/mol. The second kappa shape index (κ2) is 51.5. The van der Waals surface area contributed by atoms with E-state index in [4.69, 9.17) is 14.2 Å². The summed E-state index contributed by atoms with van der Waals surface area (Å²) in [5.74, 6) is -0.993. The molecule has 0 aliphatic heterocycles. The van der Waals surface area contributed by atoms with E-state index in [1.54, 1.807) is 0 Å². The van der Waals surface area contributed by atoms with Gasteiger partial charge in [0.1, 0.15) is 13.2 Å². The third kappa shape index (κ3) is 49.7. The average Bonchev–Trinajstić information content (AvgIpc) is 3.28. The fraction of sp³-hybridized carbons (Fsp3) is 0.737. The molecule has 0 aliphatic carbocycles. The Morgan fingerprint density at radius 1 is 0.333 bits per heavy atom. The van der Waals surface area contributed by atoms with Crippen molar-refractivity contribution < 1.29 is 28.6 Å². The van der Waals surface area contributed by atoms with Crippen molar-refractivity contribution in [1.29, 1.82) is 0 Å². The number of unbranched alkanes of at least 4 members (excludes halogenated alkanes) is 24. The fourth-order valence-corrected chi connectivity index (χ4v) is 7.21. The molecule has 0 fully saturated rings. The Morgan fingerprint density at radius 2 is 0.651 bits per heavy atom. The maximum absolute atomic E-state index is 12.8. The van der Waals surface area contributed by atoms with E-state index < -0.39 is 6.10 Å². The van der Waals surface area contributed by atoms with Gasteiger partial charge >= 0.3 is 17.9 Å². The lowest BCUT2D eigenvalue weighted by molar-refractivity contribution is -0.166. The molecule has 0 N–H and O–H groups in total. The minimum atomic E-state index is -0.813. The van der Waals surface area contributed by atoms with Crippen LogP contribution in [0.1, 0.15) is 252 Å². The quantitative estimate of drug-likeness (QED) is 0.0262. The van der Waals surface area contributed by atoms with Crippen LogP contribution >= 0.6 is 0 Å². The Labute approximate surface area is 389 Å². The summed E-state index contributed by atoms with van der Waals surface area (Å²) < 4.78 is 16.7. The molecule has 63 heavy (non-hydrogen) atoms. The van der Waals surface area contributed by atoms with Crippen LogP contribution in [-0.2, 0) is 28.6 Å². The number of hydrogen-bond acceptors (Lipinski definition) is 6. The van der Waals surface area contributed by atoms with Crippen LogP contribution in [0.3, 0.4) is 0 Å². The van der Waals surface area contributed by atoms with E-state index in [0.717, 1.165) is 83.5 Å². The van der Waals surface area contributed by atoms with E-state index in [2.05, 4.69) is 87.6 Å². The fourth-order valence-electron chi connectivity index (χ4n) is 7.21. The summed E-state index contributed by atoms with van der Waals surface area (Å²) in [6.45, 7) is 6.45. The van der Waals surface area contributed by atoms with Crippen LogP contribution in [0.25, 0.3) is 0 Å². The topological polar surface area (TPSA) is 78.9 Å². The first-order valence-corrected chi connectivity index (χ1v) is 26.4. The molecule has 0 rings (SSSR count). The molecule has 0 aromatic carbocycles. The Bertz CT molecular complexity index is 1190. The molecule has 0 saturated carbocycles. The van der Waals surface area contributed by atoms with E-state index >= 15 is 0 Å². The number of ether oxygens (including phenoxy) is 3. The molecule has 0 amide bonds. The summed E-state index contributed by atoms with van der Waals surface area (Å²) in [6.07, 6.45) is 64.7. The average molecular weight is 879 g/mol. The first-order chi connectivity index (χ1) is 31.0. The maximum atomic E-state index is 12.8. The highest BCUT2D eigenvalue weighted by atomic mass is 16.6. The van der Waals surface area contributed by atoms with Crippen molar-refractivity contribution in [3.63, 3.8) is 0 Å². The van der Waals surface area contributed by atoms with Gasteiger partial charge in [-0.25, -0.2) is 0 Å². The van der Waals surface area contributed by atoms with Gasteiger partial charge in [0, 0.05) is 19.3 Å². The van der Waals surface area contributed by atoms with Crippen LogP contribution in [-0.4, -0.2) is 37.2 Å². The Morgan fingerprint density at radius 3 is 1.06 bits per heavy atom. The highest BCUT2D eigenvalue weighted by Crippen LogP contribution is 2.14. The van der Waals surface area contributed by atoms with Gasteiger partial charge in [0.25, 0.3) is 0 Å². The Balaban J connectivity index is 4.42. The zero-order chi connectivity index (χ0) is 45.8. The highest BCUT2D eigenvalue weighted by Gasteiger charge is 2.19. The van der Waals surface area contributed by atoms with Crippen LogP contribution in [0.5, 0.6) is 0 Å². The molecule has 0 aliphatic rings. The van der Waals surface area contributed by atoms with Gasteiger partial charge < -0.3 is 14.2 Å². The SMILES string of the molecule is CC/C=C/C/C=C/C/C=C/CCCCCCCCCCCC(=O)OCC(COC(=O)CCCCC/C=C/CCCCCCCC)OC(=O)CC/C=C/C/C=C/CCCCCCCC. The van der Waals surface area contributed by atoms with Gasteiger partial charge in [-0.3, -0.25) is 14.4 Å². The highest BCUT2D eigenvalue weighted by molar-refractivity contribution is 5.71. The normalized spacial score (nSPS) is 12.6. The summed E-state index contributed by atoms with van der Waals surface area (Å²) in [5.41, 5.74) is 0. The van der Waals surface area contributed by atoms with Crippen molar-refractivity contribution in [3.8, 4) is 0 Å². The smallest absolute Gasteiger partial charge is 0.306 e. The van der Waals surface area contributed by atoms with Crippen LogP contribution in [0.2, 0.25) is 0 Å². The van der Waals surface area contributed by atoms with Crippen LogP contribution in [0, 0.1) is 0 Å². The molecule has 6 nitrogen and oxygen atoms in total. The van der Waals surface area contributed by atoms with Gasteiger partial charge in [-0.2, -0.15) is 0 Å². The summed E-state index contributed by atoms with van der Waals surface area (Å²) in [4.78, 5) is 37.9. The third-order valence-corrected chi connectivity index (χ3v) is 11.2. The molecule has 0 aromatic heterocycles. The molecule has 1 unspecified atom stereocenters. The molecule has 0 saturated heterocycles. The number of carbonyl (C=O) groups excluding carboxylic acids is 3. The lowest BCUT2D eigenvalue weighted by Crippen LogP contribution is -2.30. The van der Waals surface area contributed by atoms with E-state index in [9.17, 15) is 14.4 Å². The van der Waals surface area contributed by atoms with Crippen LogP contribution < -0.4 is 0 Å². The predicted octanol–water partition coefficient (Wildman–Crippen LogP) is 17.4. The predicted molar refractivity (Wildman–Crippen MR) is 270 cm³/mol. The Hall–Kier alpha value is -3.15. The summed E-state index contributed by atoms with van der Waals surface area (Å²) in [7, 11) is 0. The Kier molecular flexibility index (Phi) is 48.9. The summed E-state index contributed by atoms with van der Waals surface area (Å²) in [5, 5.41) is 0. The van der Waals surface area contributed by atoms with E-state index in [-0.39, 0.29) is 37.5 Å². The maximum Gasteiger partial charge on any atom is 0.306 e. The minimum Gasteiger partial charge on any atom is -0.462 e. The lowest BCUT2D eigenvalue weighted by atomic mass is 10.1. The van der Waals surface area contributed by atoms with Crippen molar-refractivity contribution in [2.24, 2.45) is 0 Å². The first-order valence-electron chi connectivity index (χ1n) is 26.4. The zero-order valence-electron chi connectivity index (χ0n) is 41.3. The minimum absolute atomic E-state index is 0.105. The van der Waals surface area contributed by atoms with Gasteiger partial charge in [-0.15, -0.1) is 0 Å². The van der Waals surface area contributed by atoms with Crippen molar-refractivity contribution in [1.82, 2.24) is 0 Å². The standard InChI is InChI=1S/C57H98O6/c1-4-7-10-13-16-19-22-25-26-27-28-29-30-33-35-38-41-44-47-50-56(59)62-53-54(63-57(60)51-48-45-42-39-36-32-24-21-18-15-12-9-6-3)52-61-55(58)49-46-43-40-37-34-31-23-20-17-14-11-8-5-2/h7,10,16,19,25-26,31-32,34,36,42,45,54H,4-6,8-9,11-15,17-18,20-24,27-30,33,35,37-41,43-44,46-53H2,1-3H3/b10-7+,19-16+,26-25+,34-31+,36-32+,45-42+. The third-order valence-electron chi connectivity index (χ3n) is 11.2. The van der Waals surface area contributed by atoms with Gasteiger partial charge in [0.15, 0.2) is 6.10 Å². The van der Waals surface area contributed by atoms with Gasteiger partial charge in [0.05, 0.1) is 0 Å². The van der Waals surface area contributed by atoms with Crippen molar-refractivity contribution in [2.45, 2.75) is 258 Å². The summed E-state index contributed by atoms with van der Waals surface area (Å²) >= 11 is 0. The van der Waals surface area contributed by atoms with Crippen LogP contribution in [0.15, 0.2) is 72.9 Å². The van der Waals surface area contributed by atoms with Gasteiger partial charge in [0.2, 0.25) is 0 Å². The molecule has 1 atom stereocenters. The van der Waals surface area contributed by atoms with Crippen LogP contribution in [0.4, 0.5) is 0 Å². The number of hydrogen-bond donors (Lipinski definition) is 0. The molecule has 0 heterocycles. The monoisotopic (exact) mass is 879 g/mol. The van der Waals surface area contributed by atoms with Gasteiger partial charge in [-0.1, -0.05) is 209 Å². The molecule has 0 bridgehead atoms. The molecule has 0 radical (unpaired) electrons. The largest absolute Gasteiger partial charge is 0.462 e. The number of esters is 3. The van der Waals surface area contributed by atoms with E-state index in [1.807, 2.05) is 6.08 Å². The van der Waals surface area contributed by atoms with Crippen molar-refractivity contribution in [2.75, 3.05) is 13.2 Å². The zero-order valence-corrected chi connectivity index (χ0v) is 41.3. The second-order valence-electron chi connectivity index (χ2n) is 17.4. The van der Waals surface area contributed by atoms with E-state index in [1.165, 1.54) is 122 Å². The second-order valence-corrected chi connectivity index (χ2v) is 17.4. The van der Waals surface area contributed by atoms with Crippen molar-refractivity contribution >= 4 is 17.9 Å². The van der Waals surface area contributed by atoms with Gasteiger partial charge in [-0.05, 0) is 96.3 Å². The molecule has 0 aromatic rings. The lowest BCUT2D eigenvalue weighted by Gasteiger charge is -2.18. The number of rotatable bonds is 47. The van der Waals surface area contributed by atoms with E-state index in [0.29, 0.717) is 19.3 Å². The summed E-state index contributed by atoms with van der Waals surface area (Å²) in [6, 6.07) is 0. The molecule has 0 spiro atoms. The molecule has 362 valence electrons. The molecular formula is C57H98O6. The number of carbonyl (C=O) groups is 3. The number of allylic oxidation sites excluding steroid dienone is 12. The first kappa shape index (κ1) is 59.9. The molecule has 6 heteroatoms. The van der Waals surface area contributed by atoms with Crippen molar-refractivity contribution in [3.05, 3.63) is 72.9 Å².